The molecule has 0 radical (unpaired) electrons. The maximum absolute atomic E-state index is 12.4. The number of rotatable bonds is 3. The number of carbonyl (C=O) groups is 1. The first-order valence-electron chi connectivity index (χ1n) is 7.51. The lowest BCUT2D eigenvalue weighted by atomic mass is 10.1. The Morgan fingerprint density at radius 3 is 2.87 bits per heavy atom. The Morgan fingerprint density at radius 1 is 1.39 bits per heavy atom. The van der Waals surface area contributed by atoms with Gasteiger partial charge in [0.1, 0.15) is 0 Å². The van der Waals surface area contributed by atoms with Crippen LogP contribution in [0.4, 0.5) is 0 Å². The predicted octanol–water partition coefficient (Wildman–Crippen LogP) is -0.267. The molecule has 2 aromatic rings. The summed E-state index contributed by atoms with van der Waals surface area (Å²) < 4.78 is 6.87. The van der Waals surface area contributed by atoms with Crippen LogP contribution in [0.25, 0.3) is 5.69 Å². The van der Waals surface area contributed by atoms with Crippen LogP contribution in [0.5, 0.6) is 0 Å². The lowest BCUT2D eigenvalue weighted by molar-refractivity contribution is -0.131. The highest BCUT2D eigenvalue weighted by Gasteiger charge is 2.20. The number of ether oxygens (including phenoxy) is 1. The van der Waals surface area contributed by atoms with Crippen LogP contribution in [0, 0.1) is 6.92 Å². The van der Waals surface area contributed by atoms with Crippen LogP contribution in [-0.2, 0) is 16.0 Å². The maximum Gasteiger partial charge on any atom is 0.227 e. The number of hydrogen-bond donors (Lipinski definition) is 1. The van der Waals surface area contributed by atoms with Crippen LogP contribution in [0.15, 0.2) is 24.3 Å². The number of aryl methyl sites for hydroxylation is 1. The second kappa shape index (κ2) is 6.84. The van der Waals surface area contributed by atoms with Gasteiger partial charge in [-0.1, -0.05) is 12.1 Å². The fraction of sp³-hybridized carbons (Fsp3) is 0.467. The van der Waals surface area contributed by atoms with Crippen molar-refractivity contribution >= 4 is 5.91 Å². The normalized spacial score (nSPS) is 18.7. The van der Waals surface area contributed by atoms with Crippen molar-refractivity contribution in [1.29, 1.82) is 0 Å². The van der Waals surface area contributed by atoms with Gasteiger partial charge in [0.2, 0.25) is 5.91 Å². The van der Waals surface area contributed by atoms with Crippen LogP contribution < -0.4 is 0 Å². The molecule has 0 spiro atoms. The smallest absolute Gasteiger partial charge is 0.227 e. The SMILES string of the molecule is Cc1nnnn1-c1ccc(CC(=O)N2CCOC[C@@H](O)C2)cc1. The van der Waals surface area contributed by atoms with Crippen LogP contribution in [0.3, 0.4) is 0 Å². The number of aromatic nitrogens is 4. The molecule has 8 heteroatoms. The molecule has 1 aromatic heterocycles. The van der Waals surface area contributed by atoms with Crippen LogP contribution >= 0.6 is 0 Å². The summed E-state index contributed by atoms with van der Waals surface area (Å²) in [5.74, 6) is 0.688. The van der Waals surface area contributed by atoms with E-state index in [2.05, 4.69) is 15.5 Å². The first-order chi connectivity index (χ1) is 11.1. The fourth-order valence-electron chi connectivity index (χ4n) is 2.53. The van der Waals surface area contributed by atoms with Gasteiger partial charge in [0.15, 0.2) is 5.82 Å². The van der Waals surface area contributed by atoms with E-state index in [9.17, 15) is 9.90 Å². The van der Waals surface area contributed by atoms with E-state index in [4.69, 9.17) is 4.74 Å². The number of β-amino-alcohol motifs (C(OH)–C–C–N with tert-alkyl or cyclic N) is 1. The summed E-state index contributed by atoms with van der Waals surface area (Å²) >= 11 is 0. The zero-order valence-electron chi connectivity index (χ0n) is 12.9. The lowest BCUT2D eigenvalue weighted by Crippen LogP contribution is -2.38. The zero-order valence-corrected chi connectivity index (χ0v) is 12.9. The minimum absolute atomic E-state index is 0.0131. The number of aliphatic hydroxyl groups excluding tert-OH is 1. The lowest BCUT2D eigenvalue weighted by Gasteiger charge is -2.21. The summed E-state index contributed by atoms with van der Waals surface area (Å²) in [6.45, 7) is 3.40. The first kappa shape index (κ1) is 15.6. The molecule has 122 valence electrons. The van der Waals surface area contributed by atoms with Crippen molar-refractivity contribution < 1.29 is 14.6 Å². The molecule has 2 heterocycles. The number of nitrogens with zero attached hydrogens (tertiary/aromatic N) is 5. The Morgan fingerprint density at radius 2 is 2.17 bits per heavy atom. The Balaban J connectivity index is 1.66. The minimum Gasteiger partial charge on any atom is -0.389 e. The van der Waals surface area contributed by atoms with Gasteiger partial charge in [0.25, 0.3) is 0 Å². The molecular weight excluding hydrogens is 298 g/mol. The molecule has 1 aliphatic rings. The fourth-order valence-corrected chi connectivity index (χ4v) is 2.53. The van der Waals surface area contributed by atoms with Gasteiger partial charge in [-0.05, 0) is 35.0 Å². The van der Waals surface area contributed by atoms with Crippen LogP contribution in [-0.4, -0.2) is 68.5 Å². The molecule has 23 heavy (non-hydrogen) atoms. The quantitative estimate of drug-likeness (QED) is 0.838. The zero-order chi connectivity index (χ0) is 16.2. The monoisotopic (exact) mass is 317 g/mol. The van der Waals surface area contributed by atoms with E-state index < -0.39 is 6.10 Å². The molecule has 1 aromatic carbocycles. The van der Waals surface area contributed by atoms with Crippen molar-refractivity contribution in [3.05, 3.63) is 35.7 Å². The molecule has 3 rings (SSSR count). The number of benzene rings is 1. The van der Waals surface area contributed by atoms with E-state index in [0.29, 0.717) is 31.9 Å². The van der Waals surface area contributed by atoms with Gasteiger partial charge in [-0.2, -0.15) is 4.68 Å². The second-order valence-corrected chi connectivity index (χ2v) is 5.55. The third-order valence-corrected chi connectivity index (χ3v) is 3.76. The van der Waals surface area contributed by atoms with Crippen molar-refractivity contribution in [1.82, 2.24) is 25.1 Å². The average molecular weight is 317 g/mol. The van der Waals surface area contributed by atoms with Crippen molar-refractivity contribution in [2.45, 2.75) is 19.4 Å². The van der Waals surface area contributed by atoms with Gasteiger partial charge in [-0.15, -0.1) is 5.10 Å². The minimum atomic E-state index is -0.619. The second-order valence-electron chi connectivity index (χ2n) is 5.55. The van der Waals surface area contributed by atoms with Gasteiger partial charge in [0.05, 0.1) is 31.4 Å². The van der Waals surface area contributed by atoms with Crippen molar-refractivity contribution in [2.75, 3.05) is 26.3 Å². The summed E-state index contributed by atoms with van der Waals surface area (Å²) in [7, 11) is 0. The van der Waals surface area contributed by atoms with Crippen LogP contribution in [0.2, 0.25) is 0 Å². The highest BCUT2D eigenvalue weighted by Crippen LogP contribution is 2.11. The average Bonchev–Trinajstić information content (AvgIpc) is 2.84. The summed E-state index contributed by atoms with van der Waals surface area (Å²) in [4.78, 5) is 14.0. The highest BCUT2D eigenvalue weighted by molar-refractivity contribution is 5.79. The number of aliphatic hydroxyl groups is 1. The molecule has 8 nitrogen and oxygen atoms in total. The van der Waals surface area contributed by atoms with E-state index in [1.54, 1.807) is 9.58 Å². The molecule has 0 saturated carbocycles. The Labute approximate surface area is 133 Å². The van der Waals surface area contributed by atoms with Gasteiger partial charge < -0.3 is 14.7 Å². The molecule has 0 bridgehead atoms. The molecule has 1 atom stereocenters. The van der Waals surface area contributed by atoms with Gasteiger partial charge in [-0.3, -0.25) is 4.79 Å². The first-order valence-corrected chi connectivity index (χ1v) is 7.51. The molecule has 1 fully saturated rings. The van der Waals surface area contributed by atoms with E-state index in [1.165, 1.54) is 0 Å². The van der Waals surface area contributed by atoms with E-state index in [-0.39, 0.29) is 12.5 Å². The van der Waals surface area contributed by atoms with E-state index in [1.807, 2.05) is 31.2 Å². The number of amides is 1. The van der Waals surface area contributed by atoms with Crippen molar-refractivity contribution in [3.8, 4) is 5.69 Å². The third-order valence-electron chi connectivity index (χ3n) is 3.76. The molecule has 1 aliphatic heterocycles. The molecule has 1 amide bonds. The summed E-state index contributed by atoms with van der Waals surface area (Å²) in [5.41, 5.74) is 1.76. The summed E-state index contributed by atoms with van der Waals surface area (Å²) in [6, 6.07) is 7.54. The Hall–Kier alpha value is -2.32. The molecule has 1 N–H and O–H groups in total. The molecular formula is C15H19N5O3. The van der Waals surface area contributed by atoms with Crippen molar-refractivity contribution in [3.63, 3.8) is 0 Å². The number of carbonyl (C=O) groups excluding carboxylic acids is 1. The predicted molar refractivity (Wildman–Crippen MR) is 81.0 cm³/mol. The third kappa shape index (κ3) is 3.72. The molecule has 0 unspecified atom stereocenters. The molecule has 0 aliphatic carbocycles. The Bertz CT molecular complexity index is 670. The van der Waals surface area contributed by atoms with E-state index >= 15 is 0 Å². The van der Waals surface area contributed by atoms with Crippen LogP contribution in [0.1, 0.15) is 11.4 Å². The van der Waals surface area contributed by atoms with Gasteiger partial charge in [-0.25, -0.2) is 0 Å². The largest absolute Gasteiger partial charge is 0.389 e. The Kier molecular flexibility index (Phi) is 4.63. The summed E-state index contributed by atoms with van der Waals surface area (Å²) in [5, 5.41) is 21.1. The highest BCUT2D eigenvalue weighted by atomic mass is 16.5. The topological polar surface area (TPSA) is 93.4 Å². The maximum atomic E-state index is 12.4. The summed E-state index contributed by atoms with van der Waals surface area (Å²) in [6.07, 6.45) is -0.326. The molecule has 1 saturated heterocycles. The number of tetrazole rings is 1. The van der Waals surface area contributed by atoms with Crippen molar-refractivity contribution in [2.24, 2.45) is 0 Å². The van der Waals surface area contributed by atoms with Gasteiger partial charge in [0, 0.05) is 13.1 Å². The van der Waals surface area contributed by atoms with E-state index in [0.717, 1.165) is 11.3 Å². The standard InChI is InChI=1S/C15H19N5O3/c1-11-16-17-18-20(11)13-4-2-12(3-5-13)8-15(22)19-6-7-23-10-14(21)9-19/h2-5,14,21H,6-10H2,1H3/t14-/m0/s1. The van der Waals surface area contributed by atoms with Gasteiger partial charge >= 0.3 is 0 Å². The number of hydrogen-bond acceptors (Lipinski definition) is 6.